The Labute approximate surface area is 411 Å². The molecule has 13 rings (SSSR count). The van der Waals surface area contributed by atoms with Crippen molar-refractivity contribution in [2.24, 2.45) is 0 Å². The van der Waals surface area contributed by atoms with Gasteiger partial charge in [0.05, 0.1) is 52.7 Å². The molecule has 6 nitrogen and oxygen atoms in total. The number of para-hydroxylation sites is 3. The first-order chi connectivity index (χ1) is 39.3. The summed E-state index contributed by atoms with van der Waals surface area (Å²) in [6.07, 6.45) is 5.19. The second kappa shape index (κ2) is 14.4. The molecular formula is C61H47N5O. The highest BCUT2D eigenvalue weighted by molar-refractivity contribution is 6.17. The van der Waals surface area contributed by atoms with E-state index in [4.69, 9.17) is 17.9 Å². The van der Waals surface area contributed by atoms with Crippen molar-refractivity contribution in [3.05, 3.63) is 211 Å². The standard InChI is InChI=1S/C61H47N5O/c1-60(2,3)41-33-34-62-56(35-41)65-51-25-14-12-21-46(51)48-29-27-42(36-54(48)65)67-43-28-31-50-55(37-43)64-38-63(53-32-30-49-47-22-13-15-26-52(47)66(61(50,4)5)58(49)59(53)64)57-44(39-17-8-6-9-18-39)23-16-24-45(57)40-19-10-7-11-20-40/h6-37H,1-5H3/i4D3,5D3,6D,7D,8D,9D,10D,11D,17D,18D,19D,20D. The summed E-state index contributed by atoms with van der Waals surface area (Å²) in [5.41, 5.74) is -0.189. The van der Waals surface area contributed by atoms with Crippen LogP contribution in [0.5, 0.6) is 11.5 Å². The fraction of sp³-hybridized carbons (Fsp3) is 0.115. The molecule has 12 aromatic rings. The molecule has 322 valence electrons. The number of nitrogens with zero attached hydrogens (tertiary/aromatic N) is 5. The van der Waals surface area contributed by atoms with Crippen molar-refractivity contribution in [1.29, 1.82) is 0 Å². The van der Waals surface area contributed by atoms with Gasteiger partial charge < -0.3 is 9.30 Å². The molecule has 0 saturated carbocycles. The lowest BCUT2D eigenvalue weighted by Gasteiger charge is -2.31. The van der Waals surface area contributed by atoms with E-state index in [1.807, 2.05) is 48.5 Å². The topological polar surface area (TPSA) is 40.8 Å². The second-order valence-electron chi connectivity index (χ2n) is 17.8. The lowest BCUT2D eigenvalue weighted by atomic mass is 9.88. The van der Waals surface area contributed by atoms with Crippen LogP contribution in [0.2, 0.25) is 0 Å². The summed E-state index contributed by atoms with van der Waals surface area (Å²) < 4.78 is 159. The van der Waals surface area contributed by atoms with Crippen LogP contribution >= 0.6 is 0 Å². The fourth-order valence-electron chi connectivity index (χ4n) is 9.87. The summed E-state index contributed by atoms with van der Waals surface area (Å²) in [7, 11) is 0. The fourth-order valence-corrected chi connectivity index (χ4v) is 9.87. The van der Waals surface area contributed by atoms with Crippen molar-refractivity contribution < 1.29 is 31.2 Å². The van der Waals surface area contributed by atoms with Gasteiger partial charge in [-0.25, -0.2) is 4.98 Å². The number of benzene rings is 8. The van der Waals surface area contributed by atoms with Gasteiger partial charge >= 0.3 is 0 Å². The Morgan fingerprint density at radius 1 is 0.627 bits per heavy atom. The number of hydrogen-bond acceptors (Lipinski definition) is 2. The number of hydrogen-bond donors (Lipinski definition) is 0. The van der Waals surface area contributed by atoms with Gasteiger partial charge in [0.15, 0.2) is 0 Å². The summed E-state index contributed by atoms with van der Waals surface area (Å²) in [5, 5.41) is 2.88. The average molecular weight is 882 g/mol. The Hall–Kier alpha value is -8.22. The van der Waals surface area contributed by atoms with E-state index in [-0.39, 0.29) is 72.4 Å². The van der Waals surface area contributed by atoms with Gasteiger partial charge in [-0.05, 0) is 101 Å². The maximum atomic E-state index is 9.51. The zero-order valence-electron chi connectivity index (χ0n) is 52.3. The third kappa shape index (κ3) is 5.89. The van der Waals surface area contributed by atoms with Crippen molar-refractivity contribution in [3.63, 3.8) is 0 Å². The molecular weight excluding hydrogens is 819 g/mol. The Balaban J connectivity index is 1.15. The largest absolute Gasteiger partial charge is 0.458 e. The normalized spacial score (nSPS) is 17.1. The van der Waals surface area contributed by atoms with Crippen LogP contribution in [0.1, 0.15) is 67.5 Å². The molecule has 0 radical (unpaired) electrons. The van der Waals surface area contributed by atoms with Crippen LogP contribution in [-0.4, -0.2) is 18.7 Å². The minimum absolute atomic E-state index is 0.00168. The molecule has 4 aromatic heterocycles. The molecule has 0 atom stereocenters. The van der Waals surface area contributed by atoms with E-state index in [2.05, 4.69) is 37.7 Å². The molecule has 0 amide bonds. The summed E-state index contributed by atoms with van der Waals surface area (Å²) >= 11 is 0. The maximum absolute atomic E-state index is 9.51. The van der Waals surface area contributed by atoms with Gasteiger partial charge in [0.2, 0.25) is 0 Å². The zero-order chi connectivity index (χ0) is 58.9. The van der Waals surface area contributed by atoms with Crippen molar-refractivity contribution in [1.82, 2.24) is 18.7 Å². The summed E-state index contributed by atoms with van der Waals surface area (Å²) in [4.78, 5) is 4.83. The first-order valence-electron chi connectivity index (χ1n) is 29.8. The minimum Gasteiger partial charge on any atom is -0.458 e. The van der Waals surface area contributed by atoms with Gasteiger partial charge in [-0.1, -0.05) is 154 Å². The smallest absolute Gasteiger partial charge is 0.269 e. The van der Waals surface area contributed by atoms with Crippen LogP contribution in [0.25, 0.3) is 94.1 Å². The molecule has 0 saturated heterocycles. The lowest BCUT2D eigenvalue weighted by Crippen LogP contribution is -2.32. The molecule has 67 heavy (non-hydrogen) atoms. The van der Waals surface area contributed by atoms with Gasteiger partial charge in [-0.3, -0.25) is 13.7 Å². The minimum atomic E-state index is -3.31. The monoisotopic (exact) mass is 881 g/mol. The highest BCUT2D eigenvalue weighted by atomic mass is 16.5. The predicted molar refractivity (Wildman–Crippen MR) is 273 cm³/mol. The summed E-state index contributed by atoms with van der Waals surface area (Å²) in [6.45, 7) is -0.236. The molecule has 8 aromatic carbocycles. The van der Waals surface area contributed by atoms with E-state index in [1.165, 1.54) is 44.0 Å². The van der Waals surface area contributed by atoms with E-state index in [1.54, 1.807) is 48.7 Å². The van der Waals surface area contributed by atoms with E-state index in [0.717, 1.165) is 27.4 Å². The maximum Gasteiger partial charge on any atom is 0.269 e. The molecule has 0 unspecified atom stereocenters. The van der Waals surface area contributed by atoms with Gasteiger partial charge in [0.25, 0.3) is 6.33 Å². The molecule has 0 aliphatic carbocycles. The lowest BCUT2D eigenvalue weighted by molar-refractivity contribution is -0.571. The van der Waals surface area contributed by atoms with Crippen LogP contribution in [-0.2, 0) is 11.0 Å². The van der Waals surface area contributed by atoms with Gasteiger partial charge in [0, 0.05) is 47.5 Å². The van der Waals surface area contributed by atoms with Gasteiger partial charge in [0.1, 0.15) is 22.8 Å². The molecule has 5 heterocycles. The quantitative estimate of drug-likeness (QED) is 0.123. The van der Waals surface area contributed by atoms with E-state index < -0.39 is 79.7 Å². The molecule has 0 fully saturated rings. The molecule has 1 aliphatic heterocycles. The van der Waals surface area contributed by atoms with E-state index >= 15 is 0 Å². The second-order valence-corrected chi connectivity index (χ2v) is 17.8. The number of ether oxygens (including phenoxy) is 1. The van der Waals surface area contributed by atoms with Crippen molar-refractivity contribution in [2.45, 2.75) is 45.4 Å². The van der Waals surface area contributed by atoms with Crippen LogP contribution in [0.3, 0.4) is 0 Å². The Morgan fingerprint density at radius 2 is 1.27 bits per heavy atom. The van der Waals surface area contributed by atoms with Crippen LogP contribution in [0, 0.1) is 6.33 Å². The van der Waals surface area contributed by atoms with Crippen LogP contribution < -0.4 is 9.30 Å². The number of fused-ring (bicyclic) bond motifs is 8. The Kier molecular flexibility index (Phi) is 5.60. The summed E-state index contributed by atoms with van der Waals surface area (Å²) in [5.74, 6) is 1.21. The predicted octanol–water partition coefficient (Wildman–Crippen LogP) is 14.8. The molecule has 0 spiro atoms. The van der Waals surface area contributed by atoms with Crippen molar-refractivity contribution >= 4 is 54.6 Å². The van der Waals surface area contributed by atoms with Crippen LogP contribution in [0.15, 0.2) is 194 Å². The number of aromatic nitrogens is 5. The molecule has 0 N–H and O–H groups in total. The van der Waals surface area contributed by atoms with E-state index in [9.17, 15) is 13.7 Å². The highest BCUT2D eigenvalue weighted by Crippen LogP contribution is 2.47. The SMILES string of the molecule is [2H]c1c([2H])c([2H])c(-c2cccc(-c3c([2H])c([2H])c([2H])c([2H])c3[2H])c2-[n+]2[c-]n3c4c5c(ccc42)c2ccccc2n5C(C([2H])([2H])[2H])(C([2H])([2H])[2H])c2ccc(Oc4ccc5c6ccccc6n(-c6cc(C(C)(C)C)ccn6)c5c4)cc2-3)c([2H])c1[2H]. The molecule has 6 heteroatoms. The van der Waals surface area contributed by atoms with Gasteiger partial charge in [-0.15, -0.1) is 0 Å². The first kappa shape index (κ1) is 26.1. The third-order valence-corrected chi connectivity index (χ3v) is 12.9. The van der Waals surface area contributed by atoms with Crippen LogP contribution in [0.4, 0.5) is 0 Å². The summed E-state index contributed by atoms with van der Waals surface area (Å²) in [6, 6.07) is 30.6. The molecule has 0 bridgehead atoms. The third-order valence-electron chi connectivity index (χ3n) is 12.9. The highest BCUT2D eigenvalue weighted by Gasteiger charge is 2.36. The van der Waals surface area contributed by atoms with Gasteiger partial charge in [-0.2, -0.15) is 0 Å². The van der Waals surface area contributed by atoms with Crippen molar-refractivity contribution in [3.8, 4) is 50.9 Å². The molecule has 1 aliphatic rings. The number of pyridine rings is 1. The average Bonchev–Trinajstić information content (AvgIpc) is 1.59. The van der Waals surface area contributed by atoms with Crippen molar-refractivity contribution in [2.75, 3.05) is 0 Å². The van der Waals surface area contributed by atoms with E-state index in [0.29, 0.717) is 22.3 Å². The Bertz CT molecular complexity index is 4650. The number of imidazole rings is 1. The zero-order valence-corrected chi connectivity index (χ0v) is 36.3. The number of rotatable bonds is 6. The first-order valence-corrected chi connectivity index (χ1v) is 21.8. The Morgan fingerprint density at radius 3 is 1.99 bits per heavy atom.